The normalized spacial score (nSPS) is 12.3. The molecule has 140 valence electrons. The molecule has 2 rings (SSSR count). The number of rotatable bonds is 5. The molecule has 0 N–H and O–H groups in total. The molecule has 0 aliphatic rings. The van der Waals surface area contributed by atoms with Crippen LogP contribution in [0, 0.1) is 0 Å². The largest absolute Gasteiger partial charge is 0.496 e. The van der Waals surface area contributed by atoms with Gasteiger partial charge in [-0.1, -0.05) is 11.6 Å². The first-order valence-corrected chi connectivity index (χ1v) is 9.41. The summed E-state index contributed by atoms with van der Waals surface area (Å²) in [6.07, 6.45) is 2.93. The zero-order chi connectivity index (χ0) is 19.5. The zero-order valence-electron chi connectivity index (χ0n) is 15.6. The molecule has 7 heteroatoms. The Morgan fingerprint density at radius 1 is 1.31 bits per heavy atom. The first kappa shape index (κ1) is 20.4. The van der Waals surface area contributed by atoms with Gasteiger partial charge in [-0.2, -0.15) is 4.99 Å². The van der Waals surface area contributed by atoms with E-state index in [1.165, 1.54) is 18.6 Å². The van der Waals surface area contributed by atoms with Gasteiger partial charge in [0.1, 0.15) is 16.2 Å². The number of methoxy groups -OCH3 is 1. The van der Waals surface area contributed by atoms with Gasteiger partial charge in [0, 0.05) is 28.7 Å². The van der Waals surface area contributed by atoms with Crippen molar-refractivity contribution in [1.82, 2.24) is 3.96 Å². The van der Waals surface area contributed by atoms with Crippen LogP contribution in [0.5, 0.6) is 5.75 Å². The van der Waals surface area contributed by atoms with Crippen molar-refractivity contribution in [2.45, 2.75) is 46.1 Å². The van der Waals surface area contributed by atoms with Crippen molar-refractivity contribution in [3.63, 3.8) is 0 Å². The van der Waals surface area contributed by atoms with Crippen molar-refractivity contribution in [3.8, 4) is 5.75 Å². The predicted octanol–water partition coefficient (Wildman–Crippen LogP) is 4.23. The molecule has 2 aromatic rings. The topological polar surface area (TPSA) is 60.7 Å². The lowest BCUT2D eigenvalue weighted by atomic mass is 10.1. The molecule has 0 aliphatic heterocycles. The van der Waals surface area contributed by atoms with Gasteiger partial charge in [-0.3, -0.25) is 8.75 Å². The van der Waals surface area contributed by atoms with E-state index in [9.17, 15) is 9.59 Å². The van der Waals surface area contributed by atoms with E-state index in [1.54, 1.807) is 25.1 Å². The minimum atomic E-state index is -0.420. The summed E-state index contributed by atoms with van der Waals surface area (Å²) in [5, 5.41) is 0.442. The van der Waals surface area contributed by atoms with Gasteiger partial charge in [0.05, 0.1) is 12.7 Å². The second-order valence-electron chi connectivity index (χ2n) is 7.01. The molecule has 0 bridgehead atoms. The van der Waals surface area contributed by atoms with E-state index in [-0.39, 0.29) is 11.3 Å². The average molecular weight is 395 g/mol. The molecule has 1 aromatic carbocycles. The van der Waals surface area contributed by atoms with Gasteiger partial charge < -0.3 is 9.53 Å². The van der Waals surface area contributed by atoms with Crippen LogP contribution in [-0.2, 0) is 16.8 Å². The fourth-order valence-electron chi connectivity index (χ4n) is 2.28. The number of hydrogen-bond acceptors (Lipinski definition) is 4. The molecule has 0 spiro atoms. The quantitative estimate of drug-likeness (QED) is 0.762. The van der Waals surface area contributed by atoms with Crippen LogP contribution in [0.3, 0.4) is 0 Å². The standard InChI is InChI=1S/C19H23ClN2O3S/c1-12(23)6-7-13-11-22(19(2,3)4)26-18(13)21-17(24)15-10-14(20)8-9-16(15)25-5/h8-11H,6-7H2,1-5H3. The highest BCUT2D eigenvalue weighted by Gasteiger charge is 2.18. The molecule has 0 saturated carbocycles. The molecule has 0 fully saturated rings. The summed E-state index contributed by atoms with van der Waals surface area (Å²) in [4.78, 5) is 28.4. The minimum absolute atomic E-state index is 0.104. The molecule has 26 heavy (non-hydrogen) atoms. The molecule has 5 nitrogen and oxygen atoms in total. The van der Waals surface area contributed by atoms with Gasteiger partial charge in [0.15, 0.2) is 0 Å². The van der Waals surface area contributed by atoms with Gasteiger partial charge in [-0.05, 0) is 63.8 Å². The number of aryl methyl sites for hydroxylation is 1. The Morgan fingerprint density at radius 2 is 2.00 bits per heavy atom. The highest BCUT2D eigenvalue weighted by molar-refractivity contribution is 7.04. The van der Waals surface area contributed by atoms with Crippen molar-refractivity contribution in [2.24, 2.45) is 4.99 Å². The number of carbonyl (C=O) groups excluding carboxylic acids is 2. The summed E-state index contributed by atoms with van der Waals surface area (Å²) in [5.41, 5.74) is 1.06. The third kappa shape index (κ3) is 5.05. The molecule has 0 unspecified atom stereocenters. The van der Waals surface area contributed by atoms with Gasteiger partial charge in [0.25, 0.3) is 5.91 Å². The van der Waals surface area contributed by atoms with Crippen LogP contribution in [0.4, 0.5) is 0 Å². The summed E-state index contributed by atoms with van der Waals surface area (Å²) >= 11 is 7.42. The van der Waals surface area contributed by atoms with E-state index >= 15 is 0 Å². The van der Waals surface area contributed by atoms with Crippen molar-refractivity contribution < 1.29 is 14.3 Å². The maximum Gasteiger partial charge on any atom is 0.282 e. The van der Waals surface area contributed by atoms with Crippen molar-refractivity contribution in [2.75, 3.05) is 7.11 Å². The monoisotopic (exact) mass is 394 g/mol. The highest BCUT2D eigenvalue weighted by atomic mass is 35.5. The smallest absolute Gasteiger partial charge is 0.282 e. The number of ketones is 1. The van der Waals surface area contributed by atoms with Gasteiger partial charge in [-0.25, -0.2) is 0 Å². The third-order valence-electron chi connectivity index (χ3n) is 3.74. The van der Waals surface area contributed by atoms with E-state index in [2.05, 4.69) is 25.8 Å². The second-order valence-corrected chi connectivity index (χ2v) is 8.41. The maximum atomic E-state index is 12.7. The molecule has 1 amide bonds. The average Bonchev–Trinajstić information content (AvgIpc) is 2.96. The van der Waals surface area contributed by atoms with E-state index < -0.39 is 5.91 Å². The number of Topliss-reactive ketones (excluding diaryl/α,β-unsaturated/α-hetero) is 1. The van der Waals surface area contributed by atoms with Crippen LogP contribution >= 0.6 is 23.1 Å². The summed E-state index contributed by atoms with van der Waals surface area (Å²) in [7, 11) is 1.50. The Labute approximate surface area is 162 Å². The summed E-state index contributed by atoms with van der Waals surface area (Å²) < 4.78 is 7.89. The molecule has 0 aliphatic carbocycles. The number of halogens is 1. The Morgan fingerprint density at radius 3 is 2.58 bits per heavy atom. The minimum Gasteiger partial charge on any atom is -0.496 e. The highest BCUT2D eigenvalue weighted by Crippen LogP contribution is 2.23. The Balaban J connectivity index is 2.51. The van der Waals surface area contributed by atoms with E-state index in [0.717, 1.165) is 5.56 Å². The van der Waals surface area contributed by atoms with Gasteiger partial charge >= 0.3 is 0 Å². The maximum absolute atomic E-state index is 12.7. The molecule has 0 radical (unpaired) electrons. The van der Waals surface area contributed by atoms with E-state index in [4.69, 9.17) is 16.3 Å². The number of hydrogen-bond donors (Lipinski definition) is 0. The fraction of sp³-hybridized carbons (Fsp3) is 0.421. The second kappa shape index (κ2) is 8.18. The first-order chi connectivity index (χ1) is 12.1. The molecule has 1 heterocycles. The van der Waals surface area contributed by atoms with Crippen molar-refractivity contribution in [3.05, 3.63) is 45.2 Å². The van der Waals surface area contributed by atoms with Crippen LogP contribution in [-0.4, -0.2) is 22.8 Å². The van der Waals surface area contributed by atoms with E-state index in [0.29, 0.717) is 33.8 Å². The van der Waals surface area contributed by atoms with Crippen LogP contribution in [0.1, 0.15) is 50.0 Å². The van der Waals surface area contributed by atoms with Gasteiger partial charge in [-0.15, -0.1) is 0 Å². The number of amides is 1. The number of carbonyl (C=O) groups is 2. The molecule has 0 atom stereocenters. The summed E-state index contributed by atoms with van der Waals surface area (Å²) in [6.45, 7) is 7.78. The SMILES string of the molecule is COc1ccc(Cl)cc1C(=O)N=c1sn(C(C)(C)C)cc1CCC(C)=O. The Kier molecular flexibility index (Phi) is 6.42. The van der Waals surface area contributed by atoms with E-state index in [1.807, 2.05) is 10.2 Å². The molecular formula is C19H23ClN2O3S. The number of benzene rings is 1. The molecule has 0 saturated heterocycles. The lowest BCUT2D eigenvalue weighted by molar-refractivity contribution is -0.116. The van der Waals surface area contributed by atoms with Gasteiger partial charge in [0.2, 0.25) is 0 Å². The van der Waals surface area contributed by atoms with Crippen LogP contribution < -0.4 is 9.41 Å². The number of ether oxygens (including phenoxy) is 1. The Hall–Kier alpha value is -1.92. The zero-order valence-corrected chi connectivity index (χ0v) is 17.2. The predicted molar refractivity (Wildman–Crippen MR) is 104 cm³/mol. The third-order valence-corrected chi connectivity index (χ3v) is 5.35. The number of nitrogens with zero attached hydrogens (tertiary/aromatic N) is 2. The molecule has 1 aromatic heterocycles. The fourth-order valence-corrected chi connectivity index (χ4v) is 3.49. The first-order valence-electron chi connectivity index (χ1n) is 8.26. The van der Waals surface area contributed by atoms with Crippen LogP contribution in [0.25, 0.3) is 0 Å². The van der Waals surface area contributed by atoms with Crippen LogP contribution in [0.2, 0.25) is 5.02 Å². The lowest BCUT2D eigenvalue weighted by Crippen LogP contribution is -2.18. The summed E-state index contributed by atoms with van der Waals surface area (Å²) in [6, 6.07) is 4.85. The Bertz CT molecular complexity index is 891. The van der Waals surface area contributed by atoms with Crippen molar-refractivity contribution in [1.29, 1.82) is 0 Å². The lowest BCUT2D eigenvalue weighted by Gasteiger charge is -2.19. The molecular weight excluding hydrogens is 372 g/mol. The number of aromatic nitrogens is 1. The van der Waals surface area contributed by atoms with Crippen LogP contribution in [0.15, 0.2) is 29.4 Å². The summed E-state index contributed by atoms with van der Waals surface area (Å²) in [5.74, 6) is 0.109. The van der Waals surface area contributed by atoms with Crippen molar-refractivity contribution >= 4 is 34.8 Å².